The molecule has 7 heteroatoms. The molecule has 1 heterocycles. The van der Waals surface area contributed by atoms with Crippen molar-refractivity contribution in [2.45, 2.75) is 6.42 Å². The summed E-state index contributed by atoms with van der Waals surface area (Å²) in [6.07, 6.45) is 0.747. The smallest absolute Gasteiger partial charge is 0.322 e. The fourth-order valence-corrected chi connectivity index (χ4v) is 1.09. The molecule has 78 valence electrons. The third kappa shape index (κ3) is 4.04. The Morgan fingerprint density at radius 2 is 1.71 bits per heavy atom. The maximum absolute atomic E-state index is 5.54. The molecule has 0 atom stereocenters. The molecule has 1 rings (SSSR count). The molecule has 0 aliphatic heterocycles. The first kappa shape index (κ1) is 11.4. The molecule has 5 nitrogen and oxygen atoms in total. The molecule has 0 radical (unpaired) electrons. The van der Waals surface area contributed by atoms with Crippen LogP contribution in [0.15, 0.2) is 0 Å². The molecular formula is C7H9Cl2N3O2. The van der Waals surface area contributed by atoms with Gasteiger partial charge in [-0.3, -0.25) is 0 Å². The Morgan fingerprint density at radius 1 is 1.07 bits per heavy atom. The maximum Gasteiger partial charge on any atom is 0.322 e. The maximum atomic E-state index is 5.54. The Kier molecular flexibility index (Phi) is 4.86. The highest BCUT2D eigenvalue weighted by Gasteiger charge is 2.03. The number of ether oxygens (including phenoxy) is 2. The SMILES string of the molecule is COCCCOc1nc(Cl)nc(Cl)n1. The van der Waals surface area contributed by atoms with Crippen LogP contribution in [0.5, 0.6) is 6.01 Å². The summed E-state index contributed by atoms with van der Waals surface area (Å²) in [5, 5.41) is 0.0403. The van der Waals surface area contributed by atoms with Gasteiger partial charge in [-0.1, -0.05) is 0 Å². The van der Waals surface area contributed by atoms with Gasteiger partial charge in [-0.25, -0.2) is 0 Å². The number of halogens is 2. The van der Waals surface area contributed by atoms with Gasteiger partial charge in [-0.2, -0.15) is 15.0 Å². The highest BCUT2D eigenvalue weighted by atomic mass is 35.5. The summed E-state index contributed by atoms with van der Waals surface area (Å²) in [5.41, 5.74) is 0. The molecule has 0 unspecified atom stereocenters. The van der Waals surface area contributed by atoms with Gasteiger partial charge in [-0.15, -0.1) is 0 Å². The molecule has 0 bridgehead atoms. The van der Waals surface area contributed by atoms with Crippen molar-refractivity contribution in [1.29, 1.82) is 0 Å². The second-order valence-corrected chi connectivity index (χ2v) is 3.03. The standard InChI is InChI=1S/C7H9Cl2N3O2/c1-13-3-2-4-14-7-11-5(8)10-6(9)12-7/h2-4H2,1H3. The number of nitrogens with zero attached hydrogens (tertiary/aromatic N) is 3. The van der Waals surface area contributed by atoms with Gasteiger partial charge in [0.1, 0.15) is 0 Å². The zero-order valence-corrected chi connectivity index (χ0v) is 9.05. The average molecular weight is 238 g/mol. The van der Waals surface area contributed by atoms with Crippen molar-refractivity contribution in [2.75, 3.05) is 20.3 Å². The van der Waals surface area contributed by atoms with Gasteiger partial charge in [0.25, 0.3) is 0 Å². The van der Waals surface area contributed by atoms with Crippen molar-refractivity contribution in [3.05, 3.63) is 10.6 Å². The van der Waals surface area contributed by atoms with Crippen LogP contribution in [0.2, 0.25) is 10.6 Å². The van der Waals surface area contributed by atoms with E-state index in [2.05, 4.69) is 15.0 Å². The van der Waals surface area contributed by atoms with E-state index >= 15 is 0 Å². The summed E-state index contributed by atoms with van der Waals surface area (Å²) in [6, 6.07) is 0.131. The van der Waals surface area contributed by atoms with Gasteiger partial charge >= 0.3 is 6.01 Å². The lowest BCUT2D eigenvalue weighted by Gasteiger charge is -2.03. The fraction of sp³-hybridized carbons (Fsp3) is 0.571. The van der Waals surface area contributed by atoms with Crippen LogP contribution >= 0.6 is 23.2 Å². The minimum Gasteiger partial charge on any atom is -0.463 e. The van der Waals surface area contributed by atoms with Crippen molar-refractivity contribution in [2.24, 2.45) is 0 Å². The summed E-state index contributed by atoms with van der Waals surface area (Å²) in [6.45, 7) is 1.07. The first-order chi connectivity index (χ1) is 6.72. The van der Waals surface area contributed by atoms with Crippen molar-refractivity contribution in [3.8, 4) is 6.01 Å². The number of methoxy groups -OCH3 is 1. The molecular weight excluding hydrogens is 229 g/mol. The van der Waals surface area contributed by atoms with Gasteiger partial charge in [0.05, 0.1) is 6.61 Å². The van der Waals surface area contributed by atoms with Crippen molar-refractivity contribution < 1.29 is 9.47 Å². The van der Waals surface area contributed by atoms with Crippen molar-refractivity contribution in [3.63, 3.8) is 0 Å². The predicted octanol–water partition coefficient (Wildman–Crippen LogP) is 1.59. The Labute approximate surface area is 91.4 Å². The highest BCUT2D eigenvalue weighted by Crippen LogP contribution is 2.11. The van der Waals surface area contributed by atoms with Crippen LogP contribution in [0, 0.1) is 0 Å². The molecule has 1 aromatic heterocycles. The molecule has 0 aromatic carbocycles. The third-order valence-corrected chi connectivity index (χ3v) is 1.62. The summed E-state index contributed by atoms with van der Waals surface area (Å²) in [5.74, 6) is 0. The van der Waals surface area contributed by atoms with E-state index in [1.54, 1.807) is 7.11 Å². The molecule has 0 saturated carbocycles. The molecule has 14 heavy (non-hydrogen) atoms. The molecule has 0 fully saturated rings. The molecule has 0 aliphatic carbocycles. The van der Waals surface area contributed by atoms with Crippen molar-refractivity contribution >= 4 is 23.2 Å². The van der Waals surface area contributed by atoms with E-state index < -0.39 is 0 Å². The molecule has 0 saturated heterocycles. The summed E-state index contributed by atoms with van der Waals surface area (Å²) < 4.78 is 10.0. The van der Waals surface area contributed by atoms with E-state index in [0.29, 0.717) is 13.2 Å². The summed E-state index contributed by atoms with van der Waals surface area (Å²) in [7, 11) is 1.62. The zero-order valence-electron chi connectivity index (χ0n) is 7.54. The monoisotopic (exact) mass is 237 g/mol. The summed E-state index contributed by atoms with van der Waals surface area (Å²) in [4.78, 5) is 11.0. The average Bonchev–Trinajstić information content (AvgIpc) is 2.11. The molecule has 0 spiro atoms. The quantitative estimate of drug-likeness (QED) is 0.729. The van der Waals surface area contributed by atoms with E-state index in [9.17, 15) is 0 Å². The topological polar surface area (TPSA) is 57.1 Å². The lowest BCUT2D eigenvalue weighted by atomic mass is 10.5. The van der Waals surface area contributed by atoms with Gasteiger partial charge in [0.15, 0.2) is 0 Å². The van der Waals surface area contributed by atoms with E-state index in [1.807, 2.05) is 0 Å². The largest absolute Gasteiger partial charge is 0.463 e. The second-order valence-electron chi connectivity index (χ2n) is 2.35. The minimum atomic E-state index is 0.0201. The van der Waals surface area contributed by atoms with Gasteiger partial charge in [0, 0.05) is 20.1 Å². The normalized spacial score (nSPS) is 10.2. The molecule has 0 amide bonds. The Bertz CT molecular complexity index is 278. The number of hydrogen-bond donors (Lipinski definition) is 0. The van der Waals surface area contributed by atoms with E-state index in [1.165, 1.54) is 0 Å². The Hall–Kier alpha value is -0.650. The zero-order chi connectivity index (χ0) is 10.4. The fourth-order valence-electron chi connectivity index (χ4n) is 0.740. The molecule has 0 aliphatic rings. The van der Waals surface area contributed by atoms with Crippen LogP contribution in [0.3, 0.4) is 0 Å². The first-order valence-corrected chi connectivity index (χ1v) is 4.67. The van der Waals surface area contributed by atoms with Crippen LogP contribution in [0.25, 0.3) is 0 Å². The number of hydrogen-bond acceptors (Lipinski definition) is 5. The molecule has 0 N–H and O–H groups in total. The Balaban J connectivity index is 2.42. The highest BCUT2D eigenvalue weighted by molar-refractivity contribution is 6.31. The number of rotatable bonds is 5. The van der Waals surface area contributed by atoms with E-state index in [0.717, 1.165) is 6.42 Å². The second kappa shape index (κ2) is 5.95. The summed E-state index contributed by atoms with van der Waals surface area (Å²) >= 11 is 11.1. The lowest BCUT2D eigenvalue weighted by molar-refractivity contribution is 0.168. The van der Waals surface area contributed by atoms with E-state index in [4.69, 9.17) is 32.7 Å². The van der Waals surface area contributed by atoms with Crippen molar-refractivity contribution in [1.82, 2.24) is 15.0 Å². The van der Waals surface area contributed by atoms with Gasteiger partial charge in [-0.05, 0) is 23.2 Å². The van der Waals surface area contributed by atoms with Gasteiger partial charge in [0.2, 0.25) is 10.6 Å². The van der Waals surface area contributed by atoms with Crippen LogP contribution in [-0.4, -0.2) is 35.3 Å². The van der Waals surface area contributed by atoms with Crippen LogP contribution in [0.4, 0.5) is 0 Å². The number of aromatic nitrogens is 3. The predicted molar refractivity (Wildman–Crippen MR) is 51.8 cm³/mol. The van der Waals surface area contributed by atoms with Gasteiger partial charge < -0.3 is 9.47 Å². The Morgan fingerprint density at radius 3 is 2.29 bits per heavy atom. The van der Waals surface area contributed by atoms with Crippen LogP contribution < -0.4 is 4.74 Å². The van der Waals surface area contributed by atoms with E-state index in [-0.39, 0.29) is 16.6 Å². The first-order valence-electron chi connectivity index (χ1n) is 3.91. The molecule has 1 aromatic rings. The lowest BCUT2D eigenvalue weighted by Crippen LogP contribution is -2.04. The third-order valence-electron chi connectivity index (χ3n) is 1.28. The minimum absolute atomic E-state index is 0.0201. The van der Waals surface area contributed by atoms with Crippen LogP contribution in [-0.2, 0) is 4.74 Å². The van der Waals surface area contributed by atoms with Crippen LogP contribution in [0.1, 0.15) is 6.42 Å².